The van der Waals surface area contributed by atoms with Gasteiger partial charge in [-0.15, -0.1) is 5.10 Å². The monoisotopic (exact) mass is 297 g/mol. The first-order valence-electron chi connectivity index (χ1n) is 6.35. The molecule has 1 aromatic rings. The average Bonchev–Trinajstić information content (AvgIpc) is 2.80. The van der Waals surface area contributed by atoms with Gasteiger partial charge in [-0.2, -0.15) is 0 Å². The summed E-state index contributed by atoms with van der Waals surface area (Å²) < 4.78 is 1.54. The predicted molar refractivity (Wildman–Crippen MR) is 67.7 cm³/mol. The van der Waals surface area contributed by atoms with E-state index in [1.807, 2.05) is 0 Å². The van der Waals surface area contributed by atoms with Crippen molar-refractivity contribution in [3.8, 4) is 0 Å². The van der Waals surface area contributed by atoms with Crippen molar-refractivity contribution in [2.75, 3.05) is 13.1 Å². The lowest BCUT2D eigenvalue weighted by molar-refractivity contribution is -0.140. The van der Waals surface area contributed by atoms with E-state index in [0.29, 0.717) is 0 Å². The third-order valence-electron chi connectivity index (χ3n) is 3.13. The van der Waals surface area contributed by atoms with Gasteiger partial charge in [0, 0.05) is 19.5 Å². The molecule has 1 unspecified atom stereocenters. The number of hydrogen-bond donors (Lipinski definition) is 4. The molecule has 10 heteroatoms. The third-order valence-corrected chi connectivity index (χ3v) is 3.13. The van der Waals surface area contributed by atoms with E-state index < -0.39 is 23.9 Å². The van der Waals surface area contributed by atoms with E-state index in [1.165, 1.54) is 6.20 Å². The van der Waals surface area contributed by atoms with Crippen LogP contribution in [0.2, 0.25) is 0 Å². The molecule has 4 N–H and O–H groups in total. The number of carbonyl (C=O) groups is 3. The number of carboxylic acids is 2. The van der Waals surface area contributed by atoms with Crippen LogP contribution in [0.15, 0.2) is 6.20 Å². The molecule has 1 saturated heterocycles. The normalized spacial score (nSPS) is 16.0. The molecule has 10 nitrogen and oxygen atoms in total. The highest BCUT2D eigenvalue weighted by Crippen LogP contribution is 2.10. The molecule has 0 spiro atoms. The Morgan fingerprint density at radius 2 is 2.14 bits per heavy atom. The van der Waals surface area contributed by atoms with Crippen LogP contribution in [0.1, 0.15) is 29.4 Å². The second-order valence-corrected chi connectivity index (χ2v) is 4.69. The van der Waals surface area contributed by atoms with Crippen LogP contribution in [0.5, 0.6) is 0 Å². The smallest absolute Gasteiger partial charge is 0.326 e. The standard InChI is InChI=1S/C11H15N5O5/c17-9(18)2-1-7(11(20)21)13-10(19)8-5-16(15-14-8)6-3-12-4-6/h5-7,12H,1-4H2,(H,13,19)(H,17,18)(H,20,21). The number of carbonyl (C=O) groups excluding carboxylic acids is 1. The third kappa shape index (κ3) is 3.75. The van der Waals surface area contributed by atoms with Crippen molar-refractivity contribution < 1.29 is 24.6 Å². The first kappa shape index (κ1) is 14.9. The molecule has 114 valence electrons. The summed E-state index contributed by atoms with van der Waals surface area (Å²) in [4.78, 5) is 33.3. The molecule has 1 aromatic heterocycles. The Bertz CT molecular complexity index is 553. The Kier molecular flexibility index (Phi) is 4.48. The van der Waals surface area contributed by atoms with Gasteiger partial charge in [0.2, 0.25) is 0 Å². The SMILES string of the molecule is O=C(O)CCC(NC(=O)c1cn(C2CNC2)nn1)C(=O)O. The van der Waals surface area contributed by atoms with Crippen molar-refractivity contribution in [1.82, 2.24) is 25.6 Å². The first-order chi connectivity index (χ1) is 9.97. The summed E-state index contributed by atoms with van der Waals surface area (Å²) >= 11 is 0. The van der Waals surface area contributed by atoms with Gasteiger partial charge in [0.1, 0.15) is 6.04 Å². The van der Waals surface area contributed by atoms with E-state index in [-0.39, 0.29) is 24.6 Å². The number of rotatable bonds is 7. The molecule has 1 amide bonds. The number of nitrogens with one attached hydrogen (secondary N) is 2. The molecular formula is C11H15N5O5. The summed E-state index contributed by atoms with van der Waals surface area (Å²) in [6, 6.07) is -1.13. The van der Waals surface area contributed by atoms with Gasteiger partial charge in [-0.3, -0.25) is 9.59 Å². The highest BCUT2D eigenvalue weighted by atomic mass is 16.4. The maximum atomic E-state index is 11.9. The van der Waals surface area contributed by atoms with Crippen molar-refractivity contribution in [2.24, 2.45) is 0 Å². The number of aromatic nitrogens is 3. The summed E-state index contributed by atoms with van der Waals surface area (Å²) in [5.74, 6) is -3.11. The van der Waals surface area contributed by atoms with Gasteiger partial charge in [-0.05, 0) is 6.42 Å². The fourth-order valence-electron chi connectivity index (χ4n) is 1.78. The molecule has 21 heavy (non-hydrogen) atoms. The quantitative estimate of drug-likeness (QED) is 0.474. The van der Waals surface area contributed by atoms with Crippen LogP contribution in [0, 0.1) is 0 Å². The van der Waals surface area contributed by atoms with Crippen molar-refractivity contribution in [3.63, 3.8) is 0 Å². The van der Waals surface area contributed by atoms with Crippen LogP contribution in [0.4, 0.5) is 0 Å². The van der Waals surface area contributed by atoms with Crippen LogP contribution in [0.25, 0.3) is 0 Å². The average molecular weight is 297 g/mol. The molecule has 0 aliphatic carbocycles. The lowest BCUT2D eigenvalue weighted by Crippen LogP contribution is -2.43. The van der Waals surface area contributed by atoms with Crippen LogP contribution in [-0.2, 0) is 9.59 Å². The van der Waals surface area contributed by atoms with Crippen LogP contribution in [0.3, 0.4) is 0 Å². The Morgan fingerprint density at radius 3 is 2.67 bits per heavy atom. The maximum Gasteiger partial charge on any atom is 0.326 e. The van der Waals surface area contributed by atoms with Gasteiger partial charge in [-0.25, -0.2) is 9.48 Å². The zero-order valence-electron chi connectivity index (χ0n) is 11.0. The summed E-state index contributed by atoms with van der Waals surface area (Å²) in [5, 5.41) is 30.3. The lowest BCUT2D eigenvalue weighted by Gasteiger charge is -2.26. The molecule has 1 atom stereocenters. The number of aliphatic carboxylic acids is 2. The van der Waals surface area contributed by atoms with Gasteiger partial charge >= 0.3 is 11.9 Å². The van der Waals surface area contributed by atoms with E-state index in [9.17, 15) is 14.4 Å². The van der Waals surface area contributed by atoms with Gasteiger partial charge < -0.3 is 20.8 Å². The van der Waals surface area contributed by atoms with Gasteiger partial charge in [0.25, 0.3) is 5.91 Å². The van der Waals surface area contributed by atoms with Crippen LogP contribution < -0.4 is 10.6 Å². The topological polar surface area (TPSA) is 146 Å². The van der Waals surface area contributed by atoms with E-state index in [2.05, 4.69) is 20.9 Å². The van der Waals surface area contributed by atoms with E-state index >= 15 is 0 Å². The molecular weight excluding hydrogens is 282 g/mol. The largest absolute Gasteiger partial charge is 0.481 e. The molecule has 1 aliphatic rings. The fourth-order valence-corrected chi connectivity index (χ4v) is 1.78. The summed E-state index contributed by atoms with van der Waals surface area (Å²) in [6.45, 7) is 1.47. The van der Waals surface area contributed by atoms with Crippen molar-refractivity contribution in [3.05, 3.63) is 11.9 Å². The number of nitrogens with zero attached hydrogens (tertiary/aromatic N) is 3. The molecule has 2 heterocycles. The Labute approximate surface area is 119 Å². The Hall–Kier alpha value is -2.49. The Morgan fingerprint density at radius 1 is 1.43 bits per heavy atom. The van der Waals surface area contributed by atoms with Crippen LogP contribution in [-0.4, -0.2) is 62.2 Å². The van der Waals surface area contributed by atoms with Gasteiger partial charge in [0.15, 0.2) is 5.69 Å². The second-order valence-electron chi connectivity index (χ2n) is 4.69. The molecule has 0 bridgehead atoms. The minimum atomic E-state index is -1.29. The minimum Gasteiger partial charge on any atom is -0.481 e. The first-order valence-corrected chi connectivity index (χ1v) is 6.35. The highest BCUT2D eigenvalue weighted by molar-refractivity contribution is 5.94. The van der Waals surface area contributed by atoms with Gasteiger partial charge in [0.05, 0.1) is 12.2 Å². The zero-order chi connectivity index (χ0) is 15.4. The predicted octanol–water partition coefficient (Wildman–Crippen LogP) is -1.53. The van der Waals surface area contributed by atoms with E-state index in [1.54, 1.807) is 4.68 Å². The summed E-state index contributed by atoms with van der Waals surface area (Å²) in [5.41, 5.74) is 0.00322. The lowest BCUT2D eigenvalue weighted by atomic mass is 10.1. The van der Waals surface area contributed by atoms with Crippen molar-refractivity contribution in [2.45, 2.75) is 24.9 Å². The molecule has 1 fully saturated rings. The van der Waals surface area contributed by atoms with Gasteiger partial charge in [-0.1, -0.05) is 5.21 Å². The minimum absolute atomic E-state index is 0.00322. The zero-order valence-corrected chi connectivity index (χ0v) is 11.0. The van der Waals surface area contributed by atoms with E-state index in [4.69, 9.17) is 10.2 Å². The van der Waals surface area contributed by atoms with Crippen molar-refractivity contribution in [1.29, 1.82) is 0 Å². The molecule has 1 aliphatic heterocycles. The number of amides is 1. The van der Waals surface area contributed by atoms with E-state index in [0.717, 1.165) is 13.1 Å². The van der Waals surface area contributed by atoms with Crippen LogP contribution >= 0.6 is 0 Å². The summed E-state index contributed by atoms with van der Waals surface area (Å²) in [6.07, 6.45) is 0.895. The molecule has 2 rings (SSSR count). The fraction of sp³-hybridized carbons (Fsp3) is 0.545. The number of carboxylic acid groups (broad SMARTS) is 2. The van der Waals surface area contributed by atoms with Crippen molar-refractivity contribution >= 4 is 17.8 Å². The molecule has 0 aromatic carbocycles. The molecule has 0 saturated carbocycles. The Balaban J connectivity index is 1.95. The number of hydrogen-bond acceptors (Lipinski definition) is 6. The molecule has 0 radical (unpaired) electrons. The highest BCUT2D eigenvalue weighted by Gasteiger charge is 2.25. The maximum absolute atomic E-state index is 11.9. The second kappa shape index (κ2) is 6.31. The summed E-state index contributed by atoms with van der Waals surface area (Å²) in [7, 11) is 0.